The Balaban J connectivity index is 1.87. The third-order valence-electron chi connectivity index (χ3n) is 4.06. The lowest BCUT2D eigenvalue weighted by Gasteiger charge is -2.07. The number of anilines is 1. The van der Waals surface area contributed by atoms with Crippen molar-refractivity contribution < 1.29 is 4.79 Å². The average molecular weight is 410 g/mol. The van der Waals surface area contributed by atoms with Gasteiger partial charge in [0.15, 0.2) is 5.13 Å². The van der Waals surface area contributed by atoms with E-state index in [4.69, 9.17) is 11.6 Å². The lowest BCUT2D eigenvalue weighted by molar-refractivity contribution is 0.252. The largest absolute Gasteiger partial charge is 0.338 e. The summed E-state index contributed by atoms with van der Waals surface area (Å²) < 4.78 is 0.971. The molecule has 0 fully saturated rings. The van der Waals surface area contributed by atoms with E-state index in [1.54, 1.807) is 18.6 Å². The summed E-state index contributed by atoms with van der Waals surface area (Å²) in [5, 5.41) is 6.60. The van der Waals surface area contributed by atoms with E-state index >= 15 is 0 Å². The second-order valence-corrected chi connectivity index (χ2v) is 7.44. The minimum atomic E-state index is -0.274. The van der Waals surface area contributed by atoms with Crippen molar-refractivity contribution in [1.82, 2.24) is 20.3 Å². The van der Waals surface area contributed by atoms with Gasteiger partial charge >= 0.3 is 6.03 Å². The van der Waals surface area contributed by atoms with Gasteiger partial charge < -0.3 is 5.32 Å². The number of carbonyl (C=O) groups excluding carboxylic acids is 1. The molecular weight excluding hydrogens is 394 g/mol. The molecule has 3 heterocycles. The van der Waals surface area contributed by atoms with Crippen molar-refractivity contribution in [3.63, 3.8) is 0 Å². The molecule has 0 saturated carbocycles. The third kappa shape index (κ3) is 3.81. The van der Waals surface area contributed by atoms with E-state index in [2.05, 4.69) is 31.7 Å². The molecule has 0 saturated heterocycles. The van der Waals surface area contributed by atoms with E-state index in [9.17, 15) is 4.79 Å². The lowest BCUT2D eigenvalue weighted by Crippen LogP contribution is -2.28. The van der Waals surface area contributed by atoms with Gasteiger partial charge in [-0.1, -0.05) is 29.0 Å². The Labute approximate surface area is 170 Å². The standard InChI is InChI=1S/C20H16ClN5OS/c1-2-24-19(27)26-20-25-17-8-13(14-6-15(21)11-23-10-14)7-16(18(17)28-20)12-4-3-5-22-9-12/h3-11H,2H2,1H3,(H2,24,25,26,27). The first-order chi connectivity index (χ1) is 13.6. The van der Waals surface area contributed by atoms with Crippen LogP contribution in [-0.4, -0.2) is 27.5 Å². The first-order valence-corrected chi connectivity index (χ1v) is 9.84. The molecule has 0 spiro atoms. The van der Waals surface area contributed by atoms with Gasteiger partial charge in [-0.05, 0) is 36.8 Å². The summed E-state index contributed by atoms with van der Waals surface area (Å²) in [6, 6.07) is 9.53. The monoisotopic (exact) mass is 409 g/mol. The van der Waals surface area contributed by atoms with Crippen LogP contribution in [0.15, 0.2) is 55.1 Å². The number of rotatable bonds is 4. The summed E-state index contributed by atoms with van der Waals surface area (Å²) in [4.78, 5) is 24.9. The number of benzene rings is 1. The van der Waals surface area contributed by atoms with Gasteiger partial charge in [0.05, 0.1) is 15.2 Å². The number of carbonyl (C=O) groups is 1. The molecule has 0 radical (unpaired) electrons. The summed E-state index contributed by atoms with van der Waals surface area (Å²) in [5.74, 6) is 0. The number of halogens is 1. The smallest absolute Gasteiger partial charge is 0.321 e. The molecule has 0 atom stereocenters. The molecule has 140 valence electrons. The molecule has 0 unspecified atom stereocenters. The van der Waals surface area contributed by atoms with Crippen LogP contribution in [0.4, 0.5) is 9.93 Å². The van der Waals surface area contributed by atoms with Crippen LogP contribution in [0.1, 0.15) is 6.92 Å². The maximum absolute atomic E-state index is 11.9. The molecule has 2 amide bonds. The SMILES string of the molecule is CCNC(=O)Nc1nc2cc(-c3cncc(Cl)c3)cc(-c3cccnc3)c2s1. The normalized spacial score (nSPS) is 10.8. The van der Waals surface area contributed by atoms with Crippen LogP contribution in [0.3, 0.4) is 0 Å². The van der Waals surface area contributed by atoms with Gasteiger partial charge in [0.2, 0.25) is 0 Å². The maximum Gasteiger partial charge on any atom is 0.321 e. The van der Waals surface area contributed by atoms with Crippen molar-refractivity contribution in [1.29, 1.82) is 0 Å². The summed E-state index contributed by atoms with van der Waals surface area (Å²) in [7, 11) is 0. The van der Waals surface area contributed by atoms with Crippen LogP contribution in [0.5, 0.6) is 0 Å². The van der Waals surface area contributed by atoms with Gasteiger partial charge in [0.1, 0.15) is 0 Å². The second-order valence-electron chi connectivity index (χ2n) is 6.01. The molecule has 0 aliphatic heterocycles. The summed E-state index contributed by atoms with van der Waals surface area (Å²) in [6.45, 7) is 2.41. The van der Waals surface area contributed by atoms with Crippen LogP contribution in [0.2, 0.25) is 5.02 Å². The fourth-order valence-electron chi connectivity index (χ4n) is 2.86. The van der Waals surface area contributed by atoms with Gasteiger partial charge in [-0.15, -0.1) is 0 Å². The van der Waals surface area contributed by atoms with Crippen molar-refractivity contribution in [3.05, 3.63) is 60.1 Å². The number of amides is 2. The molecule has 1 aromatic carbocycles. The zero-order chi connectivity index (χ0) is 19.5. The van der Waals surface area contributed by atoms with Gasteiger partial charge in [-0.2, -0.15) is 0 Å². The molecule has 4 aromatic rings. The van der Waals surface area contributed by atoms with E-state index in [1.165, 1.54) is 11.3 Å². The Morgan fingerprint density at radius 3 is 2.71 bits per heavy atom. The van der Waals surface area contributed by atoms with Crippen molar-refractivity contribution in [3.8, 4) is 22.3 Å². The number of hydrogen-bond donors (Lipinski definition) is 2. The van der Waals surface area contributed by atoms with Gasteiger partial charge in [-0.3, -0.25) is 15.3 Å². The van der Waals surface area contributed by atoms with Crippen LogP contribution >= 0.6 is 22.9 Å². The predicted molar refractivity (Wildman–Crippen MR) is 114 cm³/mol. The Morgan fingerprint density at radius 2 is 1.96 bits per heavy atom. The van der Waals surface area contributed by atoms with E-state index in [1.807, 2.05) is 37.4 Å². The van der Waals surface area contributed by atoms with Crippen molar-refractivity contribution in [2.24, 2.45) is 0 Å². The molecule has 0 aliphatic rings. The van der Waals surface area contributed by atoms with E-state index in [0.717, 1.165) is 32.5 Å². The highest BCUT2D eigenvalue weighted by Crippen LogP contribution is 2.38. The molecule has 6 nitrogen and oxygen atoms in total. The molecular formula is C20H16ClN5OS. The minimum absolute atomic E-state index is 0.274. The molecule has 3 aromatic heterocycles. The van der Waals surface area contributed by atoms with Crippen molar-refractivity contribution in [2.45, 2.75) is 6.92 Å². The van der Waals surface area contributed by atoms with Gasteiger partial charge in [-0.25, -0.2) is 9.78 Å². The molecule has 8 heteroatoms. The van der Waals surface area contributed by atoms with Crippen LogP contribution < -0.4 is 10.6 Å². The summed E-state index contributed by atoms with van der Waals surface area (Å²) >= 11 is 7.55. The number of hydrogen-bond acceptors (Lipinski definition) is 5. The number of thiazole rings is 1. The zero-order valence-corrected chi connectivity index (χ0v) is 16.5. The number of nitrogens with one attached hydrogen (secondary N) is 2. The quantitative estimate of drug-likeness (QED) is 0.484. The highest BCUT2D eigenvalue weighted by atomic mass is 35.5. The highest BCUT2D eigenvalue weighted by molar-refractivity contribution is 7.22. The fraction of sp³-hybridized carbons (Fsp3) is 0.100. The molecule has 4 rings (SSSR count). The highest BCUT2D eigenvalue weighted by Gasteiger charge is 2.14. The topological polar surface area (TPSA) is 79.8 Å². The number of fused-ring (bicyclic) bond motifs is 1. The average Bonchev–Trinajstić information content (AvgIpc) is 3.10. The summed E-state index contributed by atoms with van der Waals surface area (Å²) in [5.41, 5.74) is 4.58. The van der Waals surface area contributed by atoms with E-state index in [-0.39, 0.29) is 6.03 Å². The Kier molecular flexibility index (Phi) is 5.18. The summed E-state index contributed by atoms with van der Waals surface area (Å²) in [6.07, 6.45) is 6.91. The van der Waals surface area contributed by atoms with Crippen molar-refractivity contribution >= 4 is 44.3 Å². The van der Waals surface area contributed by atoms with Gasteiger partial charge in [0.25, 0.3) is 0 Å². The molecule has 0 aliphatic carbocycles. The number of pyridine rings is 2. The van der Waals surface area contributed by atoms with Crippen molar-refractivity contribution in [2.75, 3.05) is 11.9 Å². The molecule has 0 bridgehead atoms. The Morgan fingerprint density at radius 1 is 1.11 bits per heavy atom. The minimum Gasteiger partial charge on any atom is -0.338 e. The van der Waals surface area contributed by atoms with E-state index in [0.29, 0.717) is 16.7 Å². The zero-order valence-electron chi connectivity index (χ0n) is 14.9. The first kappa shape index (κ1) is 18.3. The van der Waals surface area contributed by atoms with E-state index < -0.39 is 0 Å². The number of aromatic nitrogens is 3. The van der Waals surface area contributed by atoms with Crippen LogP contribution in [0.25, 0.3) is 32.5 Å². The first-order valence-electron chi connectivity index (χ1n) is 8.65. The Bertz CT molecular complexity index is 1150. The Hall–Kier alpha value is -3.03. The molecule has 2 N–H and O–H groups in total. The van der Waals surface area contributed by atoms with Crippen LogP contribution in [-0.2, 0) is 0 Å². The van der Waals surface area contributed by atoms with Gasteiger partial charge in [0, 0.05) is 48.0 Å². The predicted octanol–water partition coefficient (Wildman–Crippen LogP) is 5.22. The van der Waals surface area contributed by atoms with Crippen LogP contribution in [0, 0.1) is 0 Å². The molecule has 28 heavy (non-hydrogen) atoms. The third-order valence-corrected chi connectivity index (χ3v) is 5.29. The second kappa shape index (κ2) is 7.92. The fourth-order valence-corrected chi connectivity index (χ4v) is 4.01. The number of urea groups is 1. The maximum atomic E-state index is 11.9. The lowest BCUT2D eigenvalue weighted by atomic mass is 10.0. The number of nitrogens with zero attached hydrogens (tertiary/aromatic N) is 3.